The molecule has 2 aliphatic heterocycles. The molecule has 150 valence electrons. The predicted molar refractivity (Wildman–Crippen MR) is 108 cm³/mol. The summed E-state index contributed by atoms with van der Waals surface area (Å²) < 4.78 is 6.14. The molecule has 1 unspecified atom stereocenters. The molecular weight excluding hydrogens is 348 g/mol. The molecule has 26 heavy (non-hydrogen) atoms. The van der Waals surface area contributed by atoms with Crippen LogP contribution < -0.4 is 0 Å². The third-order valence-corrected chi connectivity index (χ3v) is 7.17. The smallest absolute Gasteiger partial charge is 0.303 e. The number of carboxylic acid groups (broad SMARTS) is 1. The summed E-state index contributed by atoms with van der Waals surface area (Å²) in [6, 6.07) is 0. The number of carbonyl (C=O) groups is 1. The van der Waals surface area contributed by atoms with E-state index in [4.69, 9.17) is 9.84 Å². The van der Waals surface area contributed by atoms with Crippen molar-refractivity contribution in [3.8, 4) is 0 Å². The maximum absolute atomic E-state index is 10.6. The molecule has 2 aliphatic rings. The zero-order valence-corrected chi connectivity index (χ0v) is 17.3. The first-order valence-corrected chi connectivity index (χ1v) is 11.3. The average molecular weight is 385 g/mol. The Labute approximate surface area is 162 Å². The molecule has 2 bridgehead atoms. The standard InChI is InChI=1S/C21H36O4S/c1-4-5-12-21(2,3)19(22)11-8-15-16(18-10-9-17(15)25-18)14-26-13-6-7-20(23)24/h8,11,15-19,22H,4-7,9-10,12-14H2,1-3H3,(H,23,24)/b11-8+/t15-,16+,17-,18+,19?/m1/s1. The summed E-state index contributed by atoms with van der Waals surface area (Å²) in [7, 11) is 0. The highest BCUT2D eigenvalue weighted by Crippen LogP contribution is 2.45. The Kier molecular flexibility index (Phi) is 8.49. The summed E-state index contributed by atoms with van der Waals surface area (Å²) in [5.41, 5.74) is -0.0912. The van der Waals surface area contributed by atoms with Crippen LogP contribution in [0.25, 0.3) is 0 Å². The Morgan fingerprint density at radius 3 is 2.73 bits per heavy atom. The zero-order chi connectivity index (χ0) is 19.2. The number of fused-ring (bicyclic) bond motifs is 2. The van der Waals surface area contributed by atoms with Crippen molar-refractivity contribution >= 4 is 17.7 Å². The molecule has 2 fully saturated rings. The van der Waals surface area contributed by atoms with Crippen LogP contribution in [-0.4, -0.2) is 46.0 Å². The van der Waals surface area contributed by atoms with Gasteiger partial charge in [0.15, 0.2) is 0 Å². The fourth-order valence-electron chi connectivity index (χ4n) is 4.12. The second-order valence-electron chi connectivity index (χ2n) is 8.53. The van der Waals surface area contributed by atoms with Crippen molar-refractivity contribution in [1.82, 2.24) is 0 Å². The minimum Gasteiger partial charge on any atom is -0.481 e. The van der Waals surface area contributed by atoms with Crippen molar-refractivity contribution in [2.45, 2.75) is 84.0 Å². The summed E-state index contributed by atoms with van der Waals surface area (Å²) >= 11 is 1.85. The van der Waals surface area contributed by atoms with Gasteiger partial charge in [0, 0.05) is 18.3 Å². The summed E-state index contributed by atoms with van der Waals surface area (Å²) in [5.74, 6) is 2.08. The molecule has 2 saturated heterocycles. The van der Waals surface area contributed by atoms with E-state index >= 15 is 0 Å². The molecule has 2 heterocycles. The maximum atomic E-state index is 10.6. The molecule has 4 nitrogen and oxygen atoms in total. The number of hydrogen-bond donors (Lipinski definition) is 2. The van der Waals surface area contributed by atoms with Gasteiger partial charge in [0.25, 0.3) is 0 Å². The van der Waals surface area contributed by atoms with Crippen molar-refractivity contribution in [2.75, 3.05) is 11.5 Å². The van der Waals surface area contributed by atoms with Crippen molar-refractivity contribution in [1.29, 1.82) is 0 Å². The van der Waals surface area contributed by atoms with E-state index in [9.17, 15) is 9.90 Å². The van der Waals surface area contributed by atoms with Crippen LogP contribution in [0.2, 0.25) is 0 Å². The molecule has 5 heteroatoms. The van der Waals surface area contributed by atoms with E-state index in [0.29, 0.717) is 24.0 Å². The lowest BCUT2D eigenvalue weighted by atomic mass is 9.78. The number of rotatable bonds is 12. The quantitative estimate of drug-likeness (QED) is 0.383. The van der Waals surface area contributed by atoms with Gasteiger partial charge in [0.05, 0.1) is 18.3 Å². The van der Waals surface area contributed by atoms with E-state index in [0.717, 1.165) is 50.0 Å². The van der Waals surface area contributed by atoms with Crippen molar-refractivity contribution in [3.05, 3.63) is 12.2 Å². The summed E-state index contributed by atoms with van der Waals surface area (Å²) in [4.78, 5) is 10.6. The van der Waals surface area contributed by atoms with Crippen molar-refractivity contribution < 1.29 is 19.7 Å². The highest BCUT2D eigenvalue weighted by molar-refractivity contribution is 7.99. The summed E-state index contributed by atoms with van der Waals surface area (Å²) in [6.07, 6.45) is 11.0. The van der Waals surface area contributed by atoms with Gasteiger partial charge >= 0.3 is 5.97 Å². The normalized spacial score (nSPS) is 29.5. The maximum Gasteiger partial charge on any atom is 0.303 e. The molecule has 0 aliphatic carbocycles. The molecule has 2 rings (SSSR count). The Hall–Kier alpha value is -0.520. The van der Waals surface area contributed by atoms with Crippen LogP contribution >= 0.6 is 11.8 Å². The lowest BCUT2D eigenvalue weighted by Gasteiger charge is -2.30. The molecule has 0 spiro atoms. The van der Waals surface area contributed by atoms with Gasteiger partial charge in [-0.05, 0) is 42.6 Å². The van der Waals surface area contributed by atoms with Crippen LogP contribution in [0.3, 0.4) is 0 Å². The topological polar surface area (TPSA) is 66.8 Å². The second kappa shape index (κ2) is 10.1. The molecule has 0 aromatic rings. The molecule has 0 aromatic heterocycles. The predicted octanol–water partition coefficient (Wildman–Crippen LogP) is 4.51. The molecular formula is C21H36O4S. The molecule has 5 atom stereocenters. The van der Waals surface area contributed by atoms with Crippen LogP contribution in [0.1, 0.15) is 65.7 Å². The van der Waals surface area contributed by atoms with Crippen LogP contribution in [0.15, 0.2) is 12.2 Å². The second-order valence-corrected chi connectivity index (χ2v) is 9.68. The molecule has 0 amide bonds. The number of carboxylic acids is 1. The summed E-state index contributed by atoms with van der Waals surface area (Å²) in [6.45, 7) is 6.47. The Morgan fingerprint density at radius 2 is 2.04 bits per heavy atom. The van der Waals surface area contributed by atoms with Crippen LogP contribution in [0.5, 0.6) is 0 Å². The third-order valence-electron chi connectivity index (χ3n) is 5.97. The largest absolute Gasteiger partial charge is 0.481 e. The number of aliphatic carboxylic acids is 1. The fourth-order valence-corrected chi connectivity index (χ4v) is 5.34. The number of aliphatic hydroxyl groups excluding tert-OH is 1. The Bertz CT molecular complexity index is 477. The van der Waals surface area contributed by atoms with Gasteiger partial charge in [0.2, 0.25) is 0 Å². The lowest BCUT2D eigenvalue weighted by molar-refractivity contribution is -0.137. The summed E-state index contributed by atoms with van der Waals surface area (Å²) in [5, 5.41) is 19.4. The van der Waals surface area contributed by atoms with Crippen LogP contribution in [0, 0.1) is 17.3 Å². The van der Waals surface area contributed by atoms with Gasteiger partial charge in [0.1, 0.15) is 0 Å². The molecule has 0 aromatic carbocycles. The molecule has 0 saturated carbocycles. The Balaban J connectivity index is 1.86. The average Bonchev–Trinajstić information content (AvgIpc) is 3.19. The molecule has 2 N–H and O–H groups in total. The van der Waals surface area contributed by atoms with E-state index in [2.05, 4.69) is 26.8 Å². The van der Waals surface area contributed by atoms with Gasteiger partial charge < -0.3 is 14.9 Å². The van der Waals surface area contributed by atoms with E-state index in [1.54, 1.807) is 0 Å². The first-order chi connectivity index (χ1) is 12.3. The number of aliphatic hydroxyl groups is 1. The lowest BCUT2D eigenvalue weighted by Crippen LogP contribution is -2.30. The number of unbranched alkanes of at least 4 members (excludes halogenated alkanes) is 1. The van der Waals surface area contributed by atoms with Gasteiger partial charge in [-0.2, -0.15) is 11.8 Å². The zero-order valence-electron chi connectivity index (χ0n) is 16.5. The van der Waals surface area contributed by atoms with E-state index in [1.165, 1.54) is 0 Å². The minimum absolute atomic E-state index is 0.0912. The van der Waals surface area contributed by atoms with Gasteiger partial charge in [-0.15, -0.1) is 0 Å². The van der Waals surface area contributed by atoms with Gasteiger partial charge in [-0.1, -0.05) is 45.8 Å². The number of hydrogen-bond acceptors (Lipinski definition) is 4. The SMILES string of the molecule is CCCCC(C)(C)C(O)/C=C/[C@@H]1[C@H](CSCCCC(=O)O)[C@@H]2CC[C@H]1O2. The minimum atomic E-state index is -0.714. The highest BCUT2D eigenvalue weighted by atomic mass is 32.2. The van der Waals surface area contributed by atoms with E-state index < -0.39 is 12.1 Å². The van der Waals surface area contributed by atoms with E-state index in [1.807, 2.05) is 17.8 Å². The van der Waals surface area contributed by atoms with E-state index in [-0.39, 0.29) is 11.8 Å². The Morgan fingerprint density at radius 1 is 1.31 bits per heavy atom. The first kappa shape index (κ1) is 21.8. The number of thioether (sulfide) groups is 1. The molecule has 0 radical (unpaired) electrons. The fraction of sp³-hybridized carbons (Fsp3) is 0.857. The van der Waals surface area contributed by atoms with Crippen molar-refractivity contribution in [3.63, 3.8) is 0 Å². The first-order valence-electron chi connectivity index (χ1n) is 10.2. The number of ether oxygens (including phenoxy) is 1. The monoisotopic (exact) mass is 384 g/mol. The van der Waals surface area contributed by atoms with Crippen LogP contribution in [0.4, 0.5) is 0 Å². The van der Waals surface area contributed by atoms with Crippen molar-refractivity contribution in [2.24, 2.45) is 17.3 Å². The van der Waals surface area contributed by atoms with Gasteiger partial charge in [-0.3, -0.25) is 4.79 Å². The highest BCUT2D eigenvalue weighted by Gasteiger charge is 2.47. The van der Waals surface area contributed by atoms with Gasteiger partial charge in [-0.25, -0.2) is 0 Å². The van der Waals surface area contributed by atoms with Crippen LogP contribution in [-0.2, 0) is 9.53 Å². The third kappa shape index (κ3) is 6.00.